The van der Waals surface area contributed by atoms with E-state index in [1.165, 1.54) is 35.2 Å². The van der Waals surface area contributed by atoms with Crippen molar-refractivity contribution in [2.24, 2.45) is 0 Å². The second-order valence-electron chi connectivity index (χ2n) is 5.26. The van der Waals surface area contributed by atoms with Crippen molar-refractivity contribution in [1.82, 2.24) is 4.98 Å². The number of amides is 2. The van der Waals surface area contributed by atoms with E-state index in [1.807, 2.05) is 0 Å². The van der Waals surface area contributed by atoms with Crippen LogP contribution >= 0.6 is 0 Å². The minimum atomic E-state index is -1.06. The lowest BCUT2D eigenvalue weighted by atomic mass is 10.2. The number of carbonyl (C=O) groups is 3. The van der Waals surface area contributed by atoms with Crippen LogP contribution < -0.4 is 20.7 Å². The third-order valence-corrected chi connectivity index (χ3v) is 3.49. The molecule has 1 aromatic heterocycles. The molecule has 0 spiro atoms. The maximum absolute atomic E-state index is 12.2. The number of nitrogen functional groups attached to an aromatic ring is 1. The van der Waals surface area contributed by atoms with E-state index in [4.69, 9.17) is 15.6 Å². The van der Waals surface area contributed by atoms with Crippen LogP contribution in [0.15, 0.2) is 36.4 Å². The summed E-state index contributed by atoms with van der Waals surface area (Å²) in [5.41, 5.74) is 6.15. The summed E-state index contributed by atoms with van der Waals surface area (Å²) in [5.74, 6) is -1.18. The summed E-state index contributed by atoms with van der Waals surface area (Å²) in [6, 6.07) is 8.79. The van der Waals surface area contributed by atoms with Crippen molar-refractivity contribution >= 4 is 35.1 Å². The number of pyridine rings is 1. The minimum Gasteiger partial charge on any atom is -0.480 e. The number of anilines is 3. The van der Waals surface area contributed by atoms with E-state index in [2.05, 4.69) is 10.3 Å². The number of fused-ring (bicyclic) bond motifs is 1. The van der Waals surface area contributed by atoms with Gasteiger partial charge in [0.2, 0.25) is 5.91 Å². The Morgan fingerprint density at radius 2 is 1.96 bits per heavy atom. The molecule has 1 aliphatic heterocycles. The lowest BCUT2D eigenvalue weighted by Gasteiger charge is -2.27. The van der Waals surface area contributed by atoms with Gasteiger partial charge in [-0.1, -0.05) is 0 Å². The van der Waals surface area contributed by atoms with E-state index in [0.717, 1.165) is 0 Å². The fourth-order valence-electron chi connectivity index (χ4n) is 2.30. The summed E-state index contributed by atoms with van der Waals surface area (Å²) in [6.07, 6.45) is 0. The van der Waals surface area contributed by atoms with Gasteiger partial charge in [-0.2, -0.15) is 0 Å². The Bertz CT molecular complexity index is 850. The molecular weight excluding hydrogens is 328 g/mol. The zero-order valence-electron chi connectivity index (χ0n) is 12.9. The number of benzene rings is 1. The van der Waals surface area contributed by atoms with Crippen LogP contribution in [0.25, 0.3) is 0 Å². The number of carboxylic acid groups (broad SMARTS) is 1. The Morgan fingerprint density at radius 1 is 1.24 bits per heavy atom. The number of hydrogen-bond acceptors (Lipinski definition) is 6. The lowest BCUT2D eigenvalue weighted by molar-refractivity contribution is -0.123. The molecule has 0 bridgehead atoms. The van der Waals surface area contributed by atoms with Gasteiger partial charge in [0, 0.05) is 5.69 Å². The van der Waals surface area contributed by atoms with Crippen LogP contribution in [0.4, 0.5) is 17.3 Å². The van der Waals surface area contributed by atoms with Crippen LogP contribution in [0.3, 0.4) is 0 Å². The number of nitrogens with zero attached hydrogens (tertiary/aromatic N) is 2. The smallest absolute Gasteiger partial charge is 0.335 e. The van der Waals surface area contributed by atoms with Crippen molar-refractivity contribution in [2.45, 2.75) is 0 Å². The van der Waals surface area contributed by atoms with Gasteiger partial charge in [0.05, 0.1) is 5.56 Å². The highest BCUT2D eigenvalue weighted by Crippen LogP contribution is 2.30. The van der Waals surface area contributed by atoms with E-state index in [9.17, 15) is 14.4 Å². The van der Waals surface area contributed by atoms with Crippen LogP contribution in [0.5, 0.6) is 5.75 Å². The van der Waals surface area contributed by atoms with Crippen molar-refractivity contribution in [2.75, 3.05) is 29.1 Å². The molecule has 3 rings (SSSR count). The second-order valence-corrected chi connectivity index (χ2v) is 5.26. The molecule has 0 fully saturated rings. The Balaban J connectivity index is 1.73. The maximum atomic E-state index is 12.2. The van der Waals surface area contributed by atoms with Crippen molar-refractivity contribution in [3.05, 3.63) is 42.0 Å². The van der Waals surface area contributed by atoms with Gasteiger partial charge >= 0.3 is 5.97 Å². The van der Waals surface area contributed by atoms with Gasteiger partial charge in [0.1, 0.15) is 12.4 Å². The van der Waals surface area contributed by atoms with E-state index in [1.54, 1.807) is 6.07 Å². The van der Waals surface area contributed by atoms with Crippen LogP contribution in [-0.2, 0) is 9.59 Å². The highest BCUT2D eigenvalue weighted by Gasteiger charge is 2.28. The average Bonchev–Trinajstić information content (AvgIpc) is 2.58. The number of rotatable bonds is 4. The Morgan fingerprint density at radius 3 is 2.64 bits per heavy atom. The standard InChI is InChI=1S/C16H14N4O5/c17-12-6-5-11-15(19-12)20(14(22)8-25-11)7-13(21)18-10-3-1-9(2-4-10)16(23)24/h1-6H,7-8H2,(H2,17,19)(H,18,21)(H,23,24). The molecule has 0 unspecified atom stereocenters. The number of carboxylic acids is 1. The van der Waals surface area contributed by atoms with E-state index < -0.39 is 17.8 Å². The van der Waals surface area contributed by atoms with Crippen LogP contribution in [0, 0.1) is 0 Å². The molecule has 25 heavy (non-hydrogen) atoms. The third-order valence-electron chi connectivity index (χ3n) is 3.49. The number of aromatic carboxylic acids is 1. The quantitative estimate of drug-likeness (QED) is 0.745. The summed E-state index contributed by atoms with van der Waals surface area (Å²) in [4.78, 5) is 40.3. The number of nitrogens with two attached hydrogens (primary N) is 1. The molecule has 2 aromatic rings. The van der Waals surface area contributed by atoms with Crippen molar-refractivity contribution in [3.63, 3.8) is 0 Å². The van der Waals surface area contributed by atoms with Gasteiger partial charge in [-0.05, 0) is 36.4 Å². The van der Waals surface area contributed by atoms with E-state index >= 15 is 0 Å². The van der Waals surface area contributed by atoms with Gasteiger partial charge in [-0.3, -0.25) is 14.5 Å². The molecule has 128 valence electrons. The molecular formula is C16H14N4O5. The fraction of sp³-hybridized carbons (Fsp3) is 0.125. The first-order valence-electron chi connectivity index (χ1n) is 7.27. The van der Waals surface area contributed by atoms with Crippen molar-refractivity contribution in [1.29, 1.82) is 0 Å². The number of aromatic nitrogens is 1. The van der Waals surface area contributed by atoms with E-state index in [-0.39, 0.29) is 30.4 Å². The summed E-state index contributed by atoms with van der Waals surface area (Å²) in [5, 5.41) is 11.5. The topological polar surface area (TPSA) is 135 Å². The summed E-state index contributed by atoms with van der Waals surface area (Å²) >= 11 is 0. The zero-order chi connectivity index (χ0) is 18.0. The van der Waals surface area contributed by atoms with Crippen LogP contribution in [0.1, 0.15) is 10.4 Å². The Hall–Kier alpha value is -3.62. The number of carbonyl (C=O) groups excluding carboxylic acids is 2. The molecule has 0 radical (unpaired) electrons. The lowest BCUT2D eigenvalue weighted by Crippen LogP contribution is -2.44. The average molecular weight is 342 g/mol. The first-order chi connectivity index (χ1) is 11.9. The summed E-state index contributed by atoms with van der Waals surface area (Å²) in [7, 11) is 0. The Labute approximate surface area is 142 Å². The SMILES string of the molecule is Nc1ccc2c(n1)N(CC(=O)Nc1ccc(C(=O)O)cc1)C(=O)CO2. The summed E-state index contributed by atoms with van der Waals surface area (Å²) in [6.45, 7) is -0.467. The fourth-order valence-corrected chi connectivity index (χ4v) is 2.30. The monoisotopic (exact) mass is 342 g/mol. The molecule has 0 saturated heterocycles. The second kappa shape index (κ2) is 6.48. The van der Waals surface area contributed by atoms with Crippen molar-refractivity contribution in [3.8, 4) is 5.75 Å². The third kappa shape index (κ3) is 3.50. The first kappa shape index (κ1) is 16.2. The molecule has 2 heterocycles. The molecule has 0 saturated carbocycles. The Kier molecular flexibility index (Phi) is 4.21. The molecule has 9 nitrogen and oxygen atoms in total. The number of nitrogens with one attached hydrogen (secondary N) is 1. The number of hydrogen-bond donors (Lipinski definition) is 3. The largest absolute Gasteiger partial charge is 0.480 e. The highest BCUT2D eigenvalue weighted by molar-refractivity contribution is 6.04. The van der Waals surface area contributed by atoms with Gasteiger partial charge in [-0.15, -0.1) is 0 Å². The molecule has 2 amide bonds. The van der Waals surface area contributed by atoms with Crippen molar-refractivity contribution < 1.29 is 24.2 Å². The highest BCUT2D eigenvalue weighted by atomic mass is 16.5. The molecule has 4 N–H and O–H groups in total. The van der Waals surface area contributed by atoms with Gasteiger partial charge in [0.15, 0.2) is 18.2 Å². The molecule has 0 aliphatic carbocycles. The summed E-state index contributed by atoms with van der Waals surface area (Å²) < 4.78 is 5.26. The number of ether oxygens (including phenoxy) is 1. The van der Waals surface area contributed by atoms with Gasteiger partial charge in [-0.25, -0.2) is 9.78 Å². The van der Waals surface area contributed by atoms with Gasteiger partial charge < -0.3 is 20.9 Å². The minimum absolute atomic E-state index is 0.106. The molecule has 1 aromatic carbocycles. The molecule has 9 heteroatoms. The molecule has 0 atom stereocenters. The van der Waals surface area contributed by atoms with Gasteiger partial charge in [0.25, 0.3) is 5.91 Å². The van der Waals surface area contributed by atoms with E-state index in [0.29, 0.717) is 11.4 Å². The predicted molar refractivity (Wildman–Crippen MR) is 88.5 cm³/mol. The van der Waals surface area contributed by atoms with Crippen LogP contribution in [-0.4, -0.2) is 41.0 Å². The van der Waals surface area contributed by atoms with Crippen LogP contribution in [0.2, 0.25) is 0 Å². The maximum Gasteiger partial charge on any atom is 0.335 e. The predicted octanol–water partition coefficient (Wildman–Crippen LogP) is 0.726. The molecule has 1 aliphatic rings. The first-order valence-corrected chi connectivity index (χ1v) is 7.27. The normalized spacial score (nSPS) is 13.0. The zero-order valence-corrected chi connectivity index (χ0v) is 12.9.